The third-order valence-corrected chi connectivity index (χ3v) is 10.2. The second-order valence-electron chi connectivity index (χ2n) is 13.4. The summed E-state index contributed by atoms with van der Waals surface area (Å²) in [6.07, 6.45) is 7.48. The first-order chi connectivity index (χ1) is 27.3. The molecule has 55 heavy (non-hydrogen) atoms. The van der Waals surface area contributed by atoms with Crippen molar-refractivity contribution in [3.63, 3.8) is 0 Å². The van der Waals surface area contributed by atoms with E-state index in [1.54, 1.807) is 12.4 Å². The summed E-state index contributed by atoms with van der Waals surface area (Å²) in [6, 6.07) is 56.6. The number of para-hydroxylation sites is 4. The second kappa shape index (κ2) is 12.4. The Bertz CT molecular complexity index is 2860. The molecule has 11 aromatic rings. The van der Waals surface area contributed by atoms with Crippen molar-refractivity contribution in [1.82, 2.24) is 38.7 Å². The zero-order chi connectivity index (χ0) is 36.3. The van der Waals surface area contributed by atoms with E-state index < -0.39 is 0 Å². The summed E-state index contributed by atoms with van der Waals surface area (Å²) in [4.78, 5) is 13.2. The highest BCUT2D eigenvalue weighted by Crippen LogP contribution is 2.39. The lowest BCUT2D eigenvalue weighted by Crippen LogP contribution is -2.16. The first-order valence-electron chi connectivity index (χ1n) is 18.1. The van der Waals surface area contributed by atoms with Crippen LogP contribution in [0.3, 0.4) is 0 Å². The third-order valence-electron chi connectivity index (χ3n) is 10.2. The molecule has 0 amide bonds. The Morgan fingerprint density at radius 1 is 0.400 bits per heavy atom. The van der Waals surface area contributed by atoms with Crippen molar-refractivity contribution >= 4 is 60.8 Å². The van der Waals surface area contributed by atoms with E-state index in [9.17, 15) is 0 Å². The topological polar surface area (TPSA) is 74.5 Å². The Hall–Kier alpha value is -7.78. The molecule has 5 aromatic heterocycles. The predicted octanol–water partition coefficient (Wildman–Crippen LogP) is 10.5. The van der Waals surface area contributed by atoms with Crippen molar-refractivity contribution in [3.05, 3.63) is 189 Å². The molecule has 11 rings (SSSR count). The number of benzene rings is 6. The summed E-state index contributed by atoms with van der Waals surface area (Å²) in [5.74, 6) is 2.00. The Balaban J connectivity index is 1.24. The third kappa shape index (κ3) is 5.02. The molecule has 5 heterocycles. The molecule has 0 saturated carbocycles. The van der Waals surface area contributed by atoms with Gasteiger partial charge < -0.3 is 0 Å². The largest absolute Gasteiger partial charge is 0.295 e. The molecule has 0 aliphatic carbocycles. The van der Waals surface area contributed by atoms with E-state index in [0.717, 1.165) is 72.2 Å². The lowest BCUT2D eigenvalue weighted by molar-refractivity contribution is 0.878. The molecule has 0 saturated heterocycles. The minimum atomic E-state index is 0.559. The van der Waals surface area contributed by atoms with Crippen molar-refractivity contribution in [2.45, 2.75) is 0 Å². The van der Waals surface area contributed by atoms with Crippen molar-refractivity contribution in [2.75, 3.05) is 4.90 Å². The molecule has 0 fully saturated rings. The molecule has 9 nitrogen and oxygen atoms in total. The van der Waals surface area contributed by atoms with Gasteiger partial charge in [-0.05, 0) is 72.8 Å². The van der Waals surface area contributed by atoms with Gasteiger partial charge in [-0.2, -0.15) is 20.2 Å². The van der Waals surface area contributed by atoms with Crippen LogP contribution in [0.4, 0.5) is 17.2 Å². The Kier molecular flexibility index (Phi) is 6.96. The van der Waals surface area contributed by atoms with E-state index in [0.29, 0.717) is 11.8 Å². The maximum Gasteiger partial charge on any atom is 0.238 e. The highest BCUT2D eigenvalue weighted by molar-refractivity contribution is 6.10. The smallest absolute Gasteiger partial charge is 0.238 e. The van der Waals surface area contributed by atoms with Crippen LogP contribution in [0.25, 0.3) is 66.8 Å². The lowest BCUT2D eigenvalue weighted by atomic mass is 10.2. The summed E-state index contributed by atoms with van der Waals surface area (Å²) in [5, 5.41) is 13.7. The van der Waals surface area contributed by atoms with Gasteiger partial charge in [0.2, 0.25) is 5.95 Å². The van der Waals surface area contributed by atoms with E-state index in [4.69, 9.17) is 9.97 Å². The average molecular weight is 710 g/mol. The fourth-order valence-corrected chi connectivity index (χ4v) is 7.85. The average Bonchev–Trinajstić information content (AvgIpc) is 4.07. The fraction of sp³-hybridized carbons (Fsp3) is 0. The molecule has 0 atom stereocenters. The molecular weight excluding hydrogens is 679 g/mol. The first kappa shape index (κ1) is 30.8. The molecule has 0 unspecified atom stereocenters. The number of aromatic nitrogens is 8. The number of rotatable bonds is 7. The number of hydrogen-bond donors (Lipinski definition) is 0. The van der Waals surface area contributed by atoms with Crippen LogP contribution in [0.1, 0.15) is 0 Å². The Morgan fingerprint density at radius 3 is 1.31 bits per heavy atom. The second-order valence-corrected chi connectivity index (χ2v) is 13.4. The molecule has 0 spiro atoms. The molecule has 0 N–H and O–H groups in total. The van der Waals surface area contributed by atoms with Gasteiger partial charge in [0.1, 0.15) is 11.6 Å². The van der Waals surface area contributed by atoms with Gasteiger partial charge in [-0.1, -0.05) is 84.9 Å². The van der Waals surface area contributed by atoms with Crippen LogP contribution in [0, 0.1) is 0 Å². The van der Waals surface area contributed by atoms with E-state index in [1.807, 2.05) is 33.9 Å². The van der Waals surface area contributed by atoms with Gasteiger partial charge in [-0.3, -0.25) is 14.0 Å². The monoisotopic (exact) mass is 709 g/mol. The summed E-state index contributed by atoms with van der Waals surface area (Å²) in [6.45, 7) is 0. The fourth-order valence-electron chi connectivity index (χ4n) is 7.85. The van der Waals surface area contributed by atoms with Gasteiger partial charge in [0, 0.05) is 63.8 Å². The molecule has 0 aliphatic heterocycles. The highest BCUT2D eigenvalue weighted by atomic mass is 15.3. The SMILES string of the molecule is c1cc(N(c2cccc(-n3cccn3)c2)c2cc(-n3c4ccccc4c4ccccc43)nc(-n3c4ccccc4c4ccccc43)n2)cc(-n2cccn2)c1. The summed E-state index contributed by atoms with van der Waals surface area (Å²) < 4.78 is 8.18. The van der Waals surface area contributed by atoms with Gasteiger partial charge in [-0.15, -0.1) is 0 Å². The summed E-state index contributed by atoms with van der Waals surface area (Å²) in [7, 11) is 0. The van der Waals surface area contributed by atoms with Crippen molar-refractivity contribution in [2.24, 2.45) is 0 Å². The molecule has 6 aromatic carbocycles. The van der Waals surface area contributed by atoms with E-state index in [1.165, 1.54) is 0 Å². The maximum absolute atomic E-state index is 5.50. The van der Waals surface area contributed by atoms with Crippen LogP contribution >= 0.6 is 0 Å². The van der Waals surface area contributed by atoms with Crippen LogP contribution in [0.2, 0.25) is 0 Å². The quantitative estimate of drug-likeness (QED) is 0.165. The molecule has 9 heteroatoms. The van der Waals surface area contributed by atoms with Crippen LogP contribution < -0.4 is 4.90 Å². The molecule has 0 radical (unpaired) electrons. The van der Waals surface area contributed by atoms with Gasteiger partial charge in [-0.25, -0.2) is 9.36 Å². The zero-order valence-corrected chi connectivity index (χ0v) is 29.4. The maximum atomic E-state index is 5.50. The number of nitrogens with zero attached hydrogens (tertiary/aromatic N) is 9. The van der Waals surface area contributed by atoms with Crippen LogP contribution in [-0.4, -0.2) is 38.7 Å². The van der Waals surface area contributed by atoms with Gasteiger partial charge in [0.15, 0.2) is 0 Å². The number of fused-ring (bicyclic) bond motifs is 6. The predicted molar refractivity (Wildman–Crippen MR) is 220 cm³/mol. The lowest BCUT2D eigenvalue weighted by Gasteiger charge is -2.26. The number of hydrogen-bond acceptors (Lipinski definition) is 5. The Morgan fingerprint density at radius 2 is 0.855 bits per heavy atom. The van der Waals surface area contributed by atoms with Crippen LogP contribution in [0.15, 0.2) is 189 Å². The first-order valence-corrected chi connectivity index (χ1v) is 18.1. The molecule has 0 bridgehead atoms. The van der Waals surface area contributed by atoms with E-state index in [2.05, 4.69) is 176 Å². The van der Waals surface area contributed by atoms with E-state index >= 15 is 0 Å². The standard InChI is InChI=1S/C46H31N9/c1-5-21-40-36(17-1)37-18-2-6-22-41(37)54(40)45-31-44(49-46(50-45)55-42-23-7-3-19-38(42)39-20-4-8-24-43(39)55)53(34-15-9-13-32(29-34)51-27-11-25-47-51)35-16-10-14-33(30-35)52-28-12-26-48-52/h1-31H. The van der Waals surface area contributed by atoms with Gasteiger partial charge in [0.25, 0.3) is 0 Å². The van der Waals surface area contributed by atoms with Gasteiger partial charge in [0.05, 0.1) is 33.4 Å². The van der Waals surface area contributed by atoms with Crippen molar-refractivity contribution in [3.8, 4) is 23.1 Å². The van der Waals surface area contributed by atoms with Crippen molar-refractivity contribution in [1.29, 1.82) is 0 Å². The Labute approximate surface area is 315 Å². The van der Waals surface area contributed by atoms with Crippen LogP contribution in [-0.2, 0) is 0 Å². The zero-order valence-electron chi connectivity index (χ0n) is 29.4. The normalized spacial score (nSPS) is 11.6. The van der Waals surface area contributed by atoms with Gasteiger partial charge >= 0.3 is 0 Å². The highest BCUT2D eigenvalue weighted by Gasteiger charge is 2.23. The number of anilines is 3. The van der Waals surface area contributed by atoms with E-state index in [-0.39, 0.29) is 0 Å². The van der Waals surface area contributed by atoms with Crippen LogP contribution in [0.5, 0.6) is 0 Å². The molecule has 0 aliphatic rings. The molecular formula is C46H31N9. The van der Waals surface area contributed by atoms with Crippen molar-refractivity contribution < 1.29 is 0 Å². The minimum absolute atomic E-state index is 0.559. The summed E-state index contributed by atoms with van der Waals surface area (Å²) in [5.41, 5.74) is 7.86. The summed E-state index contributed by atoms with van der Waals surface area (Å²) >= 11 is 0. The minimum Gasteiger partial charge on any atom is -0.295 e. The molecule has 260 valence electrons.